The Hall–Kier alpha value is -0.460. The number of unbranched alkanes of at least 4 members (excludes halogenated alkanes) is 11. The zero-order chi connectivity index (χ0) is 20.5. The van der Waals surface area contributed by atoms with Gasteiger partial charge in [0, 0.05) is 6.61 Å². The molecule has 0 aliphatic carbocycles. The molecule has 0 saturated carbocycles. The normalized spacial score (nSPS) is 23.6. The van der Waals surface area contributed by atoms with Crippen molar-refractivity contribution in [2.24, 2.45) is 0 Å². The number of aliphatic hydroxyl groups excluding tert-OH is 3. The van der Waals surface area contributed by atoms with Gasteiger partial charge >= 0.3 is 0 Å². The summed E-state index contributed by atoms with van der Waals surface area (Å²) in [5, 5.41) is 28.8. The SMILES string of the molecule is CCC/C=C/CCCCCCCCCCCCO[C@@H](CO)[C@@H]1OC[C@@H](O)[C@@H]1O. The molecule has 1 saturated heterocycles. The van der Waals surface area contributed by atoms with Crippen LogP contribution in [-0.2, 0) is 9.47 Å². The third kappa shape index (κ3) is 11.5. The maximum Gasteiger partial charge on any atom is 0.114 e. The molecular formula is C23H44O5. The van der Waals surface area contributed by atoms with Gasteiger partial charge in [-0.2, -0.15) is 0 Å². The third-order valence-corrected chi connectivity index (χ3v) is 5.46. The Labute approximate surface area is 172 Å². The van der Waals surface area contributed by atoms with Gasteiger partial charge < -0.3 is 24.8 Å². The molecule has 0 spiro atoms. The van der Waals surface area contributed by atoms with Gasteiger partial charge in [0.25, 0.3) is 0 Å². The van der Waals surface area contributed by atoms with Gasteiger partial charge in [0.15, 0.2) is 0 Å². The van der Waals surface area contributed by atoms with Gasteiger partial charge in [0.05, 0.1) is 13.2 Å². The highest BCUT2D eigenvalue weighted by Gasteiger charge is 2.40. The molecule has 0 unspecified atom stereocenters. The van der Waals surface area contributed by atoms with E-state index in [0.29, 0.717) is 6.61 Å². The molecule has 5 heteroatoms. The summed E-state index contributed by atoms with van der Waals surface area (Å²) in [6, 6.07) is 0. The molecule has 0 aromatic carbocycles. The summed E-state index contributed by atoms with van der Waals surface area (Å²) in [7, 11) is 0. The number of hydrogen-bond acceptors (Lipinski definition) is 5. The van der Waals surface area contributed by atoms with Crippen LogP contribution in [0.5, 0.6) is 0 Å². The topological polar surface area (TPSA) is 79.2 Å². The lowest BCUT2D eigenvalue weighted by atomic mass is 10.1. The van der Waals surface area contributed by atoms with Crippen molar-refractivity contribution in [2.45, 2.75) is 115 Å². The second kappa shape index (κ2) is 17.4. The molecule has 4 atom stereocenters. The Bertz CT molecular complexity index is 374. The molecule has 0 radical (unpaired) electrons. The van der Waals surface area contributed by atoms with Crippen molar-refractivity contribution in [1.82, 2.24) is 0 Å². The standard InChI is InChI=1S/C23H44O5/c1-2-3-4-5-6-7-8-9-10-11-12-13-14-15-16-17-27-21(18-24)23-22(26)20(25)19-28-23/h4-5,20-26H,2-3,6-19H2,1H3/b5-4+/t20-,21+,22+,23+/m1/s1. The first-order valence-electron chi connectivity index (χ1n) is 11.6. The lowest BCUT2D eigenvalue weighted by Gasteiger charge is -2.24. The van der Waals surface area contributed by atoms with Gasteiger partial charge in [-0.3, -0.25) is 0 Å². The minimum Gasteiger partial charge on any atom is -0.394 e. The zero-order valence-corrected chi connectivity index (χ0v) is 17.9. The second-order valence-electron chi connectivity index (χ2n) is 8.03. The fourth-order valence-electron chi connectivity index (χ4n) is 3.62. The molecule has 1 heterocycles. The molecule has 1 rings (SSSR count). The van der Waals surface area contributed by atoms with E-state index in [4.69, 9.17) is 9.47 Å². The van der Waals surface area contributed by atoms with E-state index in [0.717, 1.165) is 12.8 Å². The largest absolute Gasteiger partial charge is 0.394 e. The maximum atomic E-state index is 9.82. The van der Waals surface area contributed by atoms with E-state index in [1.165, 1.54) is 70.6 Å². The summed E-state index contributed by atoms with van der Waals surface area (Å²) >= 11 is 0. The van der Waals surface area contributed by atoms with Gasteiger partial charge in [-0.15, -0.1) is 0 Å². The minimum absolute atomic E-state index is 0.0989. The van der Waals surface area contributed by atoms with Crippen molar-refractivity contribution in [1.29, 1.82) is 0 Å². The minimum atomic E-state index is -0.977. The van der Waals surface area contributed by atoms with Crippen LogP contribution in [0.1, 0.15) is 90.4 Å². The number of rotatable bonds is 18. The van der Waals surface area contributed by atoms with Gasteiger partial charge in [0.1, 0.15) is 24.4 Å². The zero-order valence-electron chi connectivity index (χ0n) is 17.9. The molecule has 28 heavy (non-hydrogen) atoms. The summed E-state index contributed by atoms with van der Waals surface area (Å²) < 4.78 is 11.0. The Balaban J connectivity index is 1.85. The van der Waals surface area contributed by atoms with Crippen molar-refractivity contribution in [2.75, 3.05) is 19.8 Å². The lowest BCUT2D eigenvalue weighted by Crippen LogP contribution is -2.42. The number of aliphatic hydroxyl groups is 3. The highest BCUT2D eigenvalue weighted by Crippen LogP contribution is 2.20. The van der Waals surface area contributed by atoms with E-state index in [1.807, 2.05) is 0 Å². The summed E-state index contributed by atoms with van der Waals surface area (Å²) in [5.41, 5.74) is 0. The van der Waals surface area contributed by atoms with Crippen LogP contribution in [0.3, 0.4) is 0 Å². The van der Waals surface area contributed by atoms with Crippen LogP contribution in [0, 0.1) is 0 Å². The van der Waals surface area contributed by atoms with Crippen molar-refractivity contribution >= 4 is 0 Å². The van der Waals surface area contributed by atoms with Crippen molar-refractivity contribution in [3.05, 3.63) is 12.2 Å². The second-order valence-corrected chi connectivity index (χ2v) is 8.03. The molecule has 1 aliphatic heterocycles. The van der Waals surface area contributed by atoms with Crippen LogP contribution < -0.4 is 0 Å². The van der Waals surface area contributed by atoms with Gasteiger partial charge in [-0.05, 0) is 25.7 Å². The highest BCUT2D eigenvalue weighted by atomic mass is 16.6. The molecule has 1 fully saturated rings. The van der Waals surface area contributed by atoms with E-state index in [2.05, 4.69) is 19.1 Å². The first-order valence-corrected chi connectivity index (χ1v) is 11.6. The molecule has 0 aromatic heterocycles. The first kappa shape index (κ1) is 25.6. The maximum absolute atomic E-state index is 9.82. The average molecular weight is 401 g/mol. The number of allylic oxidation sites excluding steroid dienone is 2. The Morgan fingerprint density at radius 3 is 2.00 bits per heavy atom. The van der Waals surface area contributed by atoms with Gasteiger partial charge in [0.2, 0.25) is 0 Å². The molecule has 166 valence electrons. The van der Waals surface area contributed by atoms with Crippen molar-refractivity contribution in [3.63, 3.8) is 0 Å². The molecule has 0 aromatic rings. The van der Waals surface area contributed by atoms with E-state index in [9.17, 15) is 15.3 Å². The van der Waals surface area contributed by atoms with Crippen LogP contribution in [0.15, 0.2) is 12.2 Å². The molecule has 3 N–H and O–H groups in total. The van der Waals surface area contributed by atoms with E-state index >= 15 is 0 Å². The quantitative estimate of drug-likeness (QED) is 0.238. The predicted molar refractivity (Wildman–Crippen MR) is 113 cm³/mol. The van der Waals surface area contributed by atoms with Crippen molar-refractivity contribution < 1.29 is 24.8 Å². The summed E-state index contributed by atoms with van der Waals surface area (Å²) in [5.74, 6) is 0. The number of ether oxygens (including phenoxy) is 2. The van der Waals surface area contributed by atoms with E-state index < -0.39 is 24.4 Å². The fraction of sp³-hybridized carbons (Fsp3) is 0.913. The molecular weight excluding hydrogens is 356 g/mol. The monoisotopic (exact) mass is 400 g/mol. The van der Waals surface area contributed by atoms with Crippen molar-refractivity contribution in [3.8, 4) is 0 Å². The van der Waals surface area contributed by atoms with Crippen LogP contribution in [0.2, 0.25) is 0 Å². The third-order valence-electron chi connectivity index (χ3n) is 5.46. The molecule has 5 nitrogen and oxygen atoms in total. The molecule has 0 amide bonds. The van der Waals surface area contributed by atoms with E-state index in [1.54, 1.807) is 0 Å². The fourth-order valence-corrected chi connectivity index (χ4v) is 3.62. The summed E-state index contributed by atoms with van der Waals surface area (Å²) in [4.78, 5) is 0. The Morgan fingerprint density at radius 2 is 1.46 bits per heavy atom. The van der Waals surface area contributed by atoms with E-state index in [-0.39, 0.29) is 13.2 Å². The van der Waals surface area contributed by atoms with Crippen LogP contribution in [-0.4, -0.2) is 59.6 Å². The van der Waals surface area contributed by atoms with Crippen LogP contribution >= 0.6 is 0 Å². The number of hydrogen-bond donors (Lipinski definition) is 3. The Kier molecular flexibility index (Phi) is 15.9. The highest BCUT2D eigenvalue weighted by molar-refractivity contribution is 4.88. The molecule has 1 aliphatic rings. The smallest absolute Gasteiger partial charge is 0.114 e. The van der Waals surface area contributed by atoms with Gasteiger partial charge in [-0.25, -0.2) is 0 Å². The lowest BCUT2D eigenvalue weighted by molar-refractivity contribution is -0.101. The average Bonchev–Trinajstić information content (AvgIpc) is 3.03. The first-order chi connectivity index (χ1) is 13.7. The Morgan fingerprint density at radius 1 is 0.893 bits per heavy atom. The summed E-state index contributed by atoms with van der Waals surface area (Å²) in [6.45, 7) is 2.67. The summed E-state index contributed by atoms with van der Waals surface area (Å²) in [6.07, 6.45) is 17.9. The predicted octanol–water partition coefficient (Wildman–Crippen LogP) is 4.13. The van der Waals surface area contributed by atoms with Crippen LogP contribution in [0.4, 0.5) is 0 Å². The van der Waals surface area contributed by atoms with Gasteiger partial charge in [-0.1, -0.05) is 76.9 Å². The molecule has 0 bridgehead atoms. The van der Waals surface area contributed by atoms with Crippen LogP contribution in [0.25, 0.3) is 0 Å².